The molecule has 28 heavy (non-hydrogen) atoms. The van der Waals surface area contributed by atoms with E-state index in [-0.39, 0.29) is 23.0 Å². The van der Waals surface area contributed by atoms with Crippen molar-refractivity contribution >= 4 is 15.8 Å². The Morgan fingerprint density at radius 1 is 1.14 bits per heavy atom. The predicted octanol–water partition coefficient (Wildman–Crippen LogP) is 2.75. The number of Topliss-reactive ketones (excluding diaryl/α,β-unsaturated/α-hetero) is 1. The van der Waals surface area contributed by atoms with Gasteiger partial charge in [0.05, 0.1) is 11.0 Å². The minimum Gasteiger partial charge on any atom is -0.299 e. The monoisotopic (exact) mass is 397 g/mol. The number of aromatic nitrogens is 1. The zero-order chi connectivity index (χ0) is 20.0. The minimum atomic E-state index is -3.55. The molecule has 1 aliphatic rings. The maximum atomic E-state index is 12.7. The van der Waals surface area contributed by atoms with Gasteiger partial charge in [0.25, 0.3) is 0 Å². The molecule has 0 N–H and O–H groups in total. The van der Waals surface area contributed by atoms with E-state index in [1.54, 1.807) is 36.7 Å². The van der Waals surface area contributed by atoms with Gasteiger partial charge in [-0.25, -0.2) is 8.42 Å². The van der Waals surface area contributed by atoms with Crippen molar-refractivity contribution in [1.82, 2.24) is 9.29 Å². The molecule has 0 saturated carbocycles. The summed E-state index contributed by atoms with van der Waals surface area (Å²) in [5, 5.41) is 8.95. The third-order valence-electron chi connectivity index (χ3n) is 5.01. The third-order valence-corrected chi connectivity index (χ3v) is 6.93. The Morgan fingerprint density at radius 3 is 2.46 bits per heavy atom. The van der Waals surface area contributed by atoms with Crippen molar-refractivity contribution in [3.8, 4) is 6.07 Å². The summed E-state index contributed by atoms with van der Waals surface area (Å²) in [7, 11) is -3.55. The Kier molecular flexibility index (Phi) is 6.55. The Hall–Kier alpha value is -2.56. The molecule has 0 unspecified atom stereocenters. The molecule has 2 aromatic rings. The third kappa shape index (κ3) is 5.03. The van der Waals surface area contributed by atoms with Crippen LogP contribution in [0.3, 0.4) is 0 Å². The molecule has 1 saturated heterocycles. The fourth-order valence-corrected chi connectivity index (χ4v) is 4.77. The zero-order valence-electron chi connectivity index (χ0n) is 15.6. The number of nitrogens with zero attached hydrogens (tertiary/aromatic N) is 3. The highest BCUT2D eigenvalue weighted by Crippen LogP contribution is 2.23. The van der Waals surface area contributed by atoms with Gasteiger partial charge in [-0.2, -0.15) is 9.57 Å². The summed E-state index contributed by atoms with van der Waals surface area (Å²) in [4.78, 5) is 16.5. The molecule has 1 fully saturated rings. The van der Waals surface area contributed by atoms with Crippen LogP contribution in [0.4, 0.5) is 0 Å². The summed E-state index contributed by atoms with van der Waals surface area (Å²) in [5.74, 6) is 0.0459. The largest absolute Gasteiger partial charge is 0.299 e. The van der Waals surface area contributed by atoms with E-state index >= 15 is 0 Å². The van der Waals surface area contributed by atoms with E-state index in [4.69, 9.17) is 5.26 Å². The van der Waals surface area contributed by atoms with E-state index in [0.717, 1.165) is 11.1 Å². The second-order valence-corrected chi connectivity index (χ2v) is 8.97. The van der Waals surface area contributed by atoms with Gasteiger partial charge in [0, 0.05) is 44.2 Å². The molecular formula is C21H23N3O3S. The molecule has 0 bridgehead atoms. The Bertz CT molecular complexity index is 943. The van der Waals surface area contributed by atoms with E-state index in [9.17, 15) is 13.2 Å². The maximum absolute atomic E-state index is 12.7. The normalized spacial score (nSPS) is 15.8. The first kappa shape index (κ1) is 20.2. The number of ketones is 1. The highest BCUT2D eigenvalue weighted by molar-refractivity contribution is 7.89. The van der Waals surface area contributed by atoms with Gasteiger partial charge in [-0.3, -0.25) is 9.78 Å². The van der Waals surface area contributed by atoms with E-state index in [0.29, 0.717) is 38.8 Å². The Morgan fingerprint density at radius 2 is 1.86 bits per heavy atom. The highest BCUT2D eigenvalue weighted by atomic mass is 32.2. The molecule has 0 amide bonds. The summed E-state index contributed by atoms with van der Waals surface area (Å²) in [5.41, 5.74) is 1.83. The summed E-state index contributed by atoms with van der Waals surface area (Å²) in [6, 6.07) is 12.5. The molecule has 1 aromatic heterocycles. The van der Waals surface area contributed by atoms with Gasteiger partial charge in [0.15, 0.2) is 0 Å². The van der Waals surface area contributed by atoms with E-state index in [1.165, 1.54) is 4.31 Å². The molecule has 146 valence electrons. The van der Waals surface area contributed by atoms with Crippen LogP contribution in [0.15, 0.2) is 53.7 Å². The number of hydrogen-bond acceptors (Lipinski definition) is 5. The van der Waals surface area contributed by atoms with Crippen molar-refractivity contribution in [2.24, 2.45) is 5.92 Å². The van der Waals surface area contributed by atoms with Crippen molar-refractivity contribution in [1.29, 1.82) is 5.26 Å². The summed E-state index contributed by atoms with van der Waals surface area (Å²) in [6.45, 7) is 0.740. The second kappa shape index (κ2) is 9.09. The van der Waals surface area contributed by atoms with Gasteiger partial charge in [-0.1, -0.05) is 18.2 Å². The minimum absolute atomic E-state index is 0.0634. The highest BCUT2D eigenvalue weighted by Gasteiger charge is 2.29. The van der Waals surface area contributed by atoms with Gasteiger partial charge in [0.1, 0.15) is 5.78 Å². The first-order valence-corrected chi connectivity index (χ1v) is 10.8. The first-order valence-electron chi connectivity index (χ1n) is 9.38. The van der Waals surface area contributed by atoms with Gasteiger partial charge in [-0.15, -0.1) is 0 Å². The number of sulfonamides is 1. The van der Waals surface area contributed by atoms with Gasteiger partial charge >= 0.3 is 0 Å². The van der Waals surface area contributed by atoms with Crippen molar-refractivity contribution in [3.63, 3.8) is 0 Å². The molecule has 7 heteroatoms. The molecule has 3 rings (SSSR count). The number of nitriles is 1. The molecule has 1 aliphatic heterocycles. The van der Waals surface area contributed by atoms with E-state index in [1.807, 2.05) is 12.1 Å². The van der Waals surface area contributed by atoms with Crippen LogP contribution in [0, 0.1) is 17.2 Å². The topological polar surface area (TPSA) is 91.1 Å². The second-order valence-electron chi connectivity index (χ2n) is 7.03. The predicted molar refractivity (Wildman–Crippen MR) is 105 cm³/mol. The SMILES string of the molecule is N#CC1CCN(S(=O)(=O)c2ccc(CC(=O)CCc3cccnc3)cc2)CC1. The number of carbonyl (C=O) groups is 1. The number of benzene rings is 1. The zero-order valence-corrected chi connectivity index (χ0v) is 16.4. The van der Waals surface area contributed by atoms with Crippen molar-refractivity contribution < 1.29 is 13.2 Å². The number of rotatable bonds is 7. The number of hydrogen-bond donors (Lipinski definition) is 0. The molecule has 0 spiro atoms. The van der Waals surface area contributed by atoms with Gasteiger partial charge in [-0.05, 0) is 48.6 Å². The first-order chi connectivity index (χ1) is 13.5. The smallest absolute Gasteiger partial charge is 0.243 e. The average molecular weight is 398 g/mol. The lowest BCUT2D eigenvalue weighted by molar-refractivity contribution is -0.118. The standard InChI is InChI=1S/C21H23N3O3S/c22-15-18-9-12-24(13-10-18)28(26,27)21-7-4-17(5-8-21)14-20(25)6-3-19-2-1-11-23-16-19/h1-2,4-5,7-8,11,16,18H,3,6,9-10,12-14H2. The van der Waals surface area contributed by atoms with E-state index in [2.05, 4.69) is 11.1 Å². The van der Waals surface area contributed by atoms with Crippen LogP contribution >= 0.6 is 0 Å². The van der Waals surface area contributed by atoms with E-state index < -0.39 is 10.0 Å². The lowest BCUT2D eigenvalue weighted by atomic mass is 10.0. The molecule has 0 radical (unpaired) electrons. The molecule has 0 aliphatic carbocycles. The van der Waals surface area contributed by atoms with Crippen LogP contribution in [0.1, 0.15) is 30.4 Å². The summed E-state index contributed by atoms with van der Waals surface area (Å²) in [6.07, 6.45) is 5.96. The lowest BCUT2D eigenvalue weighted by Crippen LogP contribution is -2.38. The summed E-state index contributed by atoms with van der Waals surface area (Å²) >= 11 is 0. The van der Waals surface area contributed by atoms with Crippen LogP contribution in [-0.2, 0) is 27.7 Å². The molecule has 1 aromatic carbocycles. The van der Waals surface area contributed by atoms with Crippen LogP contribution in [0.25, 0.3) is 0 Å². The molecule has 0 atom stereocenters. The fourth-order valence-electron chi connectivity index (χ4n) is 3.30. The van der Waals surface area contributed by atoms with Crippen LogP contribution in [0.2, 0.25) is 0 Å². The number of piperidine rings is 1. The molecule has 6 nitrogen and oxygen atoms in total. The average Bonchev–Trinajstić information content (AvgIpc) is 2.73. The number of carbonyl (C=O) groups excluding carboxylic acids is 1. The van der Waals surface area contributed by atoms with Gasteiger partial charge in [0.2, 0.25) is 10.0 Å². The van der Waals surface area contributed by atoms with Gasteiger partial charge < -0.3 is 0 Å². The Balaban J connectivity index is 1.57. The fraction of sp³-hybridized carbons (Fsp3) is 0.381. The molecular weight excluding hydrogens is 374 g/mol. The lowest BCUT2D eigenvalue weighted by Gasteiger charge is -2.28. The van der Waals surface area contributed by atoms with Crippen LogP contribution in [-0.4, -0.2) is 36.6 Å². The van der Waals surface area contributed by atoms with Crippen molar-refractivity contribution in [2.45, 2.75) is 37.0 Å². The number of aryl methyl sites for hydroxylation is 1. The maximum Gasteiger partial charge on any atom is 0.243 e. The van der Waals surface area contributed by atoms with Crippen LogP contribution in [0.5, 0.6) is 0 Å². The quantitative estimate of drug-likeness (QED) is 0.716. The summed E-state index contributed by atoms with van der Waals surface area (Å²) < 4.78 is 26.9. The molecule has 2 heterocycles. The number of pyridine rings is 1. The van der Waals surface area contributed by atoms with Crippen molar-refractivity contribution in [2.75, 3.05) is 13.1 Å². The Labute approximate surface area is 165 Å². The van der Waals surface area contributed by atoms with Crippen LogP contribution < -0.4 is 0 Å². The van der Waals surface area contributed by atoms with Crippen molar-refractivity contribution in [3.05, 3.63) is 59.9 Å².